The van der Waals surface area contributed by atoms with Crippen molar-refractivity contribution in [1.29, 1.82) is 0 Å². The summed E-state index contributed by atoms with van der Waals surface area (Å²) in [6.07, 6.45) is 1.95. The lowest BCUT2D eigenvalue weighted by Gasteiger charge is -2.43. The van der Waals surface area contributed by atoms with Crippen LogP contribution in [-0.2, 0) is 9.53 Å². The molecule has 124 valence electrons. The molecule has 1 aliphatic rings. The first-order valence-corrected chi connectivity index (χ1v) is 8.19. The lowest BCUT2D eigenvalue weighted by Crippen LogP contribution is -2.42. The molecular formula is C21H23NO2. The zero-order chi connectivity index (χ0) is 17.2. The van der Waals surface area contributed by atoms with Gasteiger partial charge in [-0.15, -0.1) is 0 Å². The van der Waals surface area contributed by atoms with Crippen LogP contribution in [0.15, 0.2) is 72.4 Å². The second-order valence-electron chi connectivity index (χ2n) is 6.87. The van der Waals surface area contributed by atoms with E-state index in [-0.39, 0.29) is 17.3 Å². The molecule has 0 saturated heterocycles. The maximum absolute atomic E-state index is 12.5. The highest BCUT2D eigenvalue weighted by Gasteiger charge is 2.41. The molecule has 3 heteroatoms. The van der Waals surface area contributed by atoms with Gasteiger partial charge in [-0.2, -0.15) is 0 Å². The van der Waals surface area contributed by atoms with E-state index < -0.39 is 0 Å². The van der Waals surface area contributed by atoms with Crippen LogP contribution in [0.5, 0.6) is 0 Å². The molecule has 2 aromatic carbocycles. The van der Waals surface area contributed by atoms with Gasteiger partial charge in [-0.3, -0.25) is 0 Å². The minimum atomic E-state index is -0.266. The number of methoxy groups -OCH3 is 1. The molecule has 0 aliphatic carbocycles. The molecule has 0 aromatic heterocycles. The molecule has 0 radical (unpaired) electrons. The summed E-state index contributed by atoms with van der Waals surface area (Å²) >= 11 is 0. The number of carbonyl (C=O) groups excluding carboxylic acids is 1. The average Bonchev–Trinajstić information content (AvgIpc) is 2.61. The third-order valence-corrected chi connectivity index (χ3v) is 4.61. The van der Waals surface area contributed by atoms with Gasteiger partial charge in [0, 0.05) is 24.4 Å². The summed E-state index contributed by atoms with van der Waals surface area (Å²) in [6, 6.07) is 20.3. The molecule has 1 unspecified atom stereocenters. The zero-order valence-corrected chi connectivity index (χ0v) is 14.4. The third-order valence-electron chi connectivity index (χ3n) is 4.61. The van der Waals surface area contributed by atoms with Crippen molar-refractivity contribution < 1.29 is 9.53 Å². The Bertz CT molecular complexity index is 735. The highest BCUT2D eigenvalue weighted by Crippen LogP contribution is 2.45. The van der Waals surface area contributed by atoms with Crippen molar-refractivity contribution in [2.24, 2.45) is 5.41 Å². The van der Waals surface area contributed by atoms with Gasteiger partial charge in [0.05, 0.1) is 12.7 Å². The Morgan fingerprint density at radius 1 is 1.04 bits per heavy atom. The Morgan fingerprint density at radius 2 is 1.62 bits per heavy atom. The number of rotatable bonds is 3. The fourth-order valence-electron chi connectivity index (χ4n) is 3.59. The number of ether oxygens (including phenoxy) is 1. The topological polar surface area (TPSA) is 29.5 Å². The third kappa shape index (κ3) is 3.07. The van der Waals surface area contributed by atoms with Crippen LogP contribution < -0.4 is 4.90 Å². The van der Waals surface area contributed by atoms with Gasteiger partial charge >= 0.3 is 5.97 Å². The summed E-state index contributed by atoms with van der Waals surface area (Å²) in [7, 11) is 1.44. The highest BCUT2D eigenvalue weighted by atomic mass is 16.5. The maximum atomic E-state index is 12.5. The molecular weight excluding hydrogens is 298 g/mol. The summed E-state index contributed by atoms with van der Waals surface area (Å²) in [6.45, 7) is 5.24. The van der Waals surface area contributed by atoms with Crippen LogP contribution in [0.4, 0.5) is 5.69 Å². The molecule has 0 saturated carbocycles. The van der Waals surface area contributed by atoms with Crippen molar-refractivity contribution in [3.8, 4) is 0 Å². The molecule has 1 heterocycles. The first kappa shape index (κ1) is 16.3. The number of hydrogen-bond donors (Lipinski definition) is 0. The lowest BCUT2D eigenvalue weighted by molar-refractivity contribution is -0.136. The molecule has 0 fully saturated rings. The zero-order valence-electron chi connectivity index (χ0n) is 14.4. The number of para-hydroxylation sites is 1. The Labute approximate surface area is 143 Å². The van der Waals surface area contributed by atoms with Crippen molar-refractivity contribution in [3.05, 3.63) is 78.0 Å². The van der Waals surface area contributed by atoms with Crippen LogP contribution in [-0.4, -0.2) is 19.6 Å². The van der Waals surface area contributed by atoms with Crippen molar-refractivity contribution in [3.63, 3.8) is 0 Å². The van der Waals surface area contributed by atoms with Gasteiger partial charge in [0.2, 0.25) is 0 Å². The molecule has 1 aliphatic heterocycles. The van der Waals surface area contributed by atoms with Crippen LogP contribution in [0.25, 0.3) is 0 Å². The molecule has 0 spiro atoms. The first-order valence-electron chi connectivity index (χ1n) is 8.19. The standard InChI is InChI=1S/C21H23NO2/c1-21(2)15-22(17-12-8-5-9-13-17)14-18(20(23)24-3)19(21)16-10-6-4-7-11-16/h4-14,19H,15H2,1-3H3. The van der Waals surface area contributed by atoms with E-state index in [4.69, 9.17) is 4.74 Å². The molecule has 0 bridgehead atoms. The normalized spacial score (nSPS) is 19.5. The fraction of sp³-hybridized carbons (Fsp3) is 0.286. The number of benzene rings is 2. The van der Waals surface area contributed by atoms with E-state index >= 15 is 0 Å². The maximum Gasteiger partial charge on any atom is 0.335 e. The van der Waals surface area contributed by atoms with Gasteiger partial charge in [-0.1, -0.05) is 62.4 Å². The van der Waals surface area contributed by atoms with Crippen molar-refractivity contribution in [1.82, 2.24) is 0 Å². The first-order chi connectivity index (χ1) is 11.5. The average molecular weight is 321 g/mol. The SMILES string of the molecule is COC(=O)C1=CN(c2ccccc2)CC(C)(C)C1c1ccccc1. The smallest absolute Gasteiger partial charge is 0.335 e. The van der Waals surface area contributed by atoms with E-state index in [1.54, 1.807) is 0 Å². The second-order valence-corrected chi connectivity index (χ2v) is 6.87. The van der Waals surface area contributed by atoms with Crippen LogP contribution in [0.2, 0.25) is 0 Å². The molecule has 0 amide bonds. The Morgan fingerprint density at radius 3 is 2.21 bits per heavy atom. The van der Waals surface area contributed by atoms with Crippen molar-refractivity contribution >= 4 is 11.7 Å². The van der Waals surface area contributed by atoms with E-state index in [0.29, 0.717) is 5.57 Å². The predicted molar refractivity (Wildman–Crippen MR) is 96.9 cm³/mol. The number of anilines is 1. The van der Waals surface area contributed by atoms with Gasteiger partial charge in [-0.25, -0.2) is 4.79 Å². The van der Waals surface area contributed by atoms with Crippen LogP contribution in [0.1, 0.15) is 25.3 Å². The Kier molecular flexibility index (Phi) is 4.43. The van der Waals surface area contributed by atoms with Gasteiger partial charge in [0.25, 0.3) is 0 Å². The Balaban J connectivity index is 2.10. The van der Waals surface area contributed by atoms with E-state index in [0.717, 1.165) is 17.8 Å². The molecule has 2 aromatic rings. The van der Waals surface area contributed by atoms with Gasteiger partial charge < -0.3 is 9.64 Å². The Hall–Kier alpha value is -2.55. The molecule has 3 nitrogen and oxygen atoms in total. The largest absolute Gasteiger partial charge is 0.466 e. The number of nitrogens with zero attached hydrogens (tertiary/aromatic N) is 1. The van der Waals surface area contributed by atoms with Crippen molar-refractivity contribution in [2.75, 3.05) is 18.6 Å². The number of esters is 1. The van der Waals surface area contributed by atoms with E-state index in [1.807, 2.05) is 42.6 Å². The summed E-state index contributed by atoms with van der Waals surface area (Å²) in [5.74, 6) is -0.260. The number of carbonyl (C=O) groups is 1. The van der Waals surface area contributed by atoms with Crippen LogP contribution in [0, 0.1) is 5.41 Å². The van der Waals surface area contributed by atoms with Gasteiger partial charge in [0.1, 0.15) is 0 Å². The predicted octanol–water partition coefficient (Wildman–Crippen LogP) is 4.37. The van der Waals surface area contributed by atoms with Gasteiger partial charge in [-0.05, 0) is 23.1 Å². The molecule has 0 N–H and O–H groups in total. The summed E-state index contributed by atoms with van der Waals surface area (Å²) in [5.41, 5.74) is 2.81. The fourth-order valence-corrected chi connectivity index (χ4v) is 3.59. The molecule has 1 atom stereocenters. The molecule has 24 heavy (non-hydrogen) atoms. The van der Waals surface area contributed by atoms with Crippen molar-refractivity contribution in [2.45, 2.75) is 19.8 Å². The summed E-state index contributed by atoms with van der Waals surface area (Å²) in [5, 5.41) is 0. The lowest BCUT2D eigenvalue weighted by atomic mass is 9.69. The summed E-state index contributed by atoms with van der Waals surface area (Å²) < 4.78 is 5.09. The van der Waals surface area contributed by atoms with E-state index in [2.05, 4.69) is 43.0 Å². The minimum absolute atomic E-state index is 0.00566. The number of hydrogen-bond acceptors (Lipinski definition) is 3. The molecule has 3 rings (SSSR count). The monoisotopic (exact) mass is 321 g/mol. The second kappa shape index (κ2) is 6.52. The van der Waals surface area contributed by atoms with Crippen LogP contribution >= 0.6 is 0 Å². The quantitative estimate of drug-likeness (QED) is 0.786. The summed E-state index contributed by atoms with van der Waals surface area (Å²) in [4.78, 5) is 14.6. The van der Waals surface area contributed by atoms with E-state index in [1.165, 1.54) is 7.11 Å². The van der Waals surface area contributed by atoms with Gasteiger partial charge in [0.15, 0.2) is 0 Å². The minimum Gasteiger partial charge on any atom is -0.466 e. The van der Waals surface area contributed by atoms with E-state index in [9.17, 15) is 4.79 Å². The van der Waals surface area contributed by atoms with Crippen LogP contribution in [0.3, 0.4) is 0 Å². The highest BCUT2D eigenvalue weighted by molar-refractivity contribution is 5.91.